The molecule has 11 nitrogen and oxygen atoms in total. The van der Waals surface area contributed by atoms with Crippen LogP contribution in [-0.2, 0) is 23.8 Å². The van der Waals surface area contributed by atoms with E-state index in [2.05, 4.69) is 111 Å². The minimum absolute atomic E-state index is 0.0923. The quantitative estimate of drug-likeness (QED) is 0.0195. The Hall–Kier alpha value is -3.42. The molecule has 80 heavy (non-hydrogen) atoms. The monoisotopic (exact) mass is 1120 g/mol. The maximum atomic E-state index is 13.4. The molecule has 0 aromatic rings. The van der Waals surface area contributed by atoms with Gasteiger partial charge in [-0.15, -0.1) is 0 Å². The first kappa shape index (κ1) is 74.6. The molecule has 8 atom stereocenters. The van der Waals surface area contributed by atoms with Crippen molar-refractivity contribution in [3.8, 4) is 0 Å². The van der Waals surface area contributed by atoms with E-state index in [1.165, 1.54) is 89.9 Å². The molecule has 460 valence electrons. The molecule has 0 radical (unpaired) electrons. The van der Waals surface area contributed by atoms with Gasteiger partial charge < -0.3 is 45.1 Å². The molecule has 1 saturated heterocycles. The minimum Gasteiger partial charge on any atom is -0.454 e. The lowest BCUT2D eigenvalue weighted by atomic mass is 9.99. The summed E-state index contributed by atoms with van der Waals surface area (Å²) in [6.07, 6.45) is 64.3. The van der Waals surface area contributed by atoms with Crippen LogP contribution in [0.1, 0.15) is 265 Å². The molecule has 1 heterocycles. The molecule has 0 aromatic heterocycles. The molecule has 8 unspecified atom stereocenters. The van der Waals surface area contributed by atoms with Crippen molar-refractivity contribution in [3.63, 3.8) is 0 Å². The zero-order valence-electron chi connectivity index (χ0n) is 50.9. The first-order chi connectivity index (χ1) is 39.2. The van der Waals surface area contributed by atoms with Gasteiger partial charge in [0, 0.05) is 6.42 Å². The van der Waals surface area contributed by atoms with E-state index in [0.717, 1.165) is 128 Å². The number of rotatable bonds is 54. The van der Waals surface area contributed by atoms with Crippen LogP contribution in [0.15, 0.2) is 97.2 Å². The summed E-state index contributed by atoms with van der Waals surface area (Å²) in [6.45, 7) is 5.71. The van der Waals surface area contributed by atoms with Crippen LogP contribution in [-0.4, -0.2) is 99.6 Å². The summed E-state index contributed by atoms with van der Waals surface area (Å²) < 4.78 is 17.6. The van der Waals surface area contributed by atoms with E-state index in [0.29, 0.717) is 12.8 Å². The lowest BCUT2D eigenvalue weighted by Gasteiger charge is -2.41. The third-order valence-corrected chi connectivity index (χ3v) is 14.7. The molecule has 6 N–H and O–H groups in total. The van der Waals surface area contributed by atoms with E-state index in [1.54, 1.807) is 6.08 Å². The maximum Gasteiger partial charge on any atom is 0.306 e. The fraction of sp³-hybridized carbons (Fsp3) is 0.739. The van der Waals surface area contributed by atoms with Gasteiger partial charge in [0.2, 0.25) is 5.91 Å². The first-order valence-corrected chi connectivity index (χ1v) is 32.5. The Morgan fingerprint density at radius 3 is 1.31 bits per heavy atom. The van der Waals surface area contributed by atoms with Crippen LogP contribution in [0.5, 0.6) is 0 Å². The molecule has 1 amide bonds. The number of aliphatic hydroxyl groups excluding tert-OH is 5. The third-order valence-electron chi connectivity index (χ3n) is 14.7. The average molecular weight is 1120 g/mol. The van der Waals surface area contributed by atoms with Crippen molar-refractivity contribution in [2.75, 3.05) is 13.2 Å². The predicted octanol–water partition coefficient (Wildman–Crippen LogP) is 15.9. The first-order valence-electron chi connectivity index (χ1n) is 32.5. The fourth-order valence-electron chi connectivity index (χ4n) is 9.52. The highest BCUT2D eigenvalue weighted by molar-refractivity contribution is 5.80. The maximum absolute atomic E-state index is 13.4. The molecular formula is C69H119NO10. The van der Waals surface area contributed by atoms with Crippen molar-refractivity contribution in [1.29, 1.82) is 0 Å². The number of amides is 1. The second kappa shape index (κ2) is 56.1. The van der Waals surface area contributed by atoms with Crippen LogP contribution in [0, 0.1) is 0 Å². The van der Waals surface area contributed by atoms with Crippen LogP contribution in [0.2, 0.25) is 0 Å². The van der Waals surface area contributed by atoms with Crippen molar-refractivity contribution in [1.82, 2.24) is 5.32 Å². The van der Waals surface area contributed by atoms with Gasteiger partial charge in [-0.3, -0.25) is 9.59 Å². The summed E-state index contributed by atoms with van der Waals surface area (Å²) in [6, 6.07) is -1.04. The summed E-state index contributed by atoms with van der Waals surface area (Å²) in [4.78, 5) is 26.6. The number of allylic oxidation sites excluding steroid dienone is 15. The van der Waals surface area contributed by atoms with E-state index in [1.807, 2.05) is 6.08 Å². The SMILES string of the molecule is CCCCC/C=C\C/C=C\C/C=C\C/C=C\CCCCCCCCC(O)C(=O)NC(COC1OC(CO)C(O)C(O)C1OC(=O)CCCCCC/C=C\C/C=C\C/C=C\CCCCC)C(O)/C=C/CCCCCCCCCCCC. The number of nitrogens with one attached hydrogen (secondary N) is 1. The zero-order chi connectivity index (χ0) is 58.2. The minimum atomic E-state index is -1.63. The topological polar surface area (TPSA) is 175 Å². The Balaban J connectivity index is 2.68. The van der Waals surface area contributed by atoms with Crippen LogP contribution in [0.4, 0.5) is 0 Å². The number of carbonyl (C=O) groups excluding carboxylic acids is 2. The summed E-state index contributed by atoms with van der Waals surface area (Å²) in [5.41, 5.74) is 0. The fourth-order valence-corrected chi connectivity index (χ4v) is 9.52. The molecule has 1 rings (SSSR count). The summed E-state index contributed by atoms with van der Waals surface area (Å²) in [5, 5.41) is 57.0. The number of hydrogen-bond donors (Lipinski definition) is 6. The van der Waals surface area contributed by atoms with Gasteiger partial charge in [-0.2, -0.15) is 0 Å². The number of aliphatic hydroxyl groups is 5. The van der Waals surface area contributed by atoms with E-state index in [9.17, 15) is 35.1 Å². The Morgan fingerprint density at radius 2 is 0.863 bits per heavy atom. The van der Waals surface area contributed by atoms with Crippen molar-refractivity contribution in [3.05, 3.63) is 97.2 Å². The molecular weight excluding hydrogens is 1000 g/mol. The molecule has 0 spiro atoms. The normalized spacial score (nSPS) is 19.4. The predicted molar refractivity (Wildman–Crippen MR) is 333 cm³/mol. The van der Waals surface area contributed by atoms with Crippen LogP contribution in [0.25, 0.3) is 0 Å². The van der Waals surface area contributed by atoms with Crippen molar-refractivity contribution < 1.29 is 49.3 Å². The second-order valence-corrected chi connectivity index (χ2v) is 22.1. The summed E-state index contributed by atoms with van der Waals surface area (Å²) in [7, 11) is 0. The number of carbonyl (C=O) groups is 2. The highest BCUT2D eigenvalue weighted by Gasteiger charge is 2.47. The van der Waals surface area contributed by atoms with Gasteiger partial charge in [-0.1, -0.05) is 246 Å². The van der Waals surface area contributed by atoms with Crippen molar-refractivity contribution >= 4 is 11.9 Å². The molecule has 11 heteroatoms. The van der Waals surface area contributed by atoms with Gasteiger partial charge in [0.1, 0.15) is 24.4 Å². The molecule has 0 saturated carbocycles. The Kier molecular flexibility index (Phi) is 52.3. The lowest BCUT2D eigenvalue weighted by Crippen LogP contribution is -2.61. The molecule has 1 aliphatic heterocycles. The number of unbranched alkanes of at least 4 members (excludes halogenated alkanes) is 26. The Labute approximate surface area is 488 Å². The lowest BCUT2D eigenvalue weighted by molar-refractivity contribution is -0.305. The summed E-state index contributed by atoms with van der Waals surface area (Å²) in [5.74, 6) is -1.23. The van der Waals surface area contributed by atoms with E-state index in [-0.39, 0.29) is 19.4 Å². The molecule has 0 bridgehead atoms. The van der Waals surface area contributed by atoms with Gasteiger partial charge in [0.05, 0.1) is 25.4 Å². The van der Waals surface area contributed by atoms with Crippen LogP contribution >= 0.6 is 0 Å². The van der Waals surface area contributed by atoms with Gasteiger partial charge in [-0.05, 0) is 109 Å². The van der Waals surface area contributed by atoms with Crippen molar-refractivity contribution in [2.24, 2.45) is 0 Å². The second-order valence-electron chi connectivity index (χ2n) is 22.1. The van der Waals surface area contributed by atoms with E-state index < -0.39 is 67.4 Å². The zero-order valence-corrected chi connectivity index (χ0v) is 50.9. The smallest absolute Gasteiger partial charge is 0.306 e. The molecule has 0 aromatic carbocycles. The molecule has 1 aliphatic rings. The number of hydrogen-bond acceptors (Lipinski definition) is 10. The molecule has 0 aliphatic carbocycles. The van der Waals surface area contributed by atoms with Gasteiger partial charge in [0.25, 0.3) is 0 Å². The van der Waals surface area contributed by atoms with Gasteiger partial charge in [-0.25, -0.2) is 0 Å². The number of ether oxygens (including phenoxy) is 3. The van der Waals surface area contributed by atoms with Crippen LogP contribution in [0.3, 0.4) is 0 Å². The standard InChI is InChI=1S/C69H119NO10/c1-4-7-10-13-16-19-22-25-27-29-30-31-32-33-35-36-38-41-44-47-50-53-56-62(73)68(77)70-60(61(72)55-52-49-46-43-40-24-21-18-15-12-9-6-3)59-78-69-67(66(76)65(75)63(58-71)79-69)80-64(74)57-54-51-48-45-42-39-37-34-28-26-23-20-17-14-11-8-5-2/h16-17,19-20,25-28,30-31,33,35,37,39,52,55,60-63,65-67,69,71-73,75-76H,4-15,18,21-24,29,32,34,36,38,40-51,53-54,56-59H2,1-3H3,(H,70,77)/b19-16-,20-17-,27-25-,28-26-,31-30-,35-33-,39-37-,55-52+. The van der Waals surface area contributed by atoms with E-state index >= 15 is 0 Å². The van der Waals surface area contributed by atoms with Gasteiger partial charge >= 0.3 is 5.97 Å². The number of esters is 1. The highest BCUT2D eigenvalue weighted by atomic mass is 16.7. The molecule has 1 fully saturated rings. The highest BCUT2D eigenvalue weighted by Crippen LogP contribution is 2.26. The Morgan fingerprint density at radius 1 is 0.487 bits per heavy atom. The van der Waals surface area contributed by atoms with Crippen molar-refractivity contribution in [2.45, 2.75) is 314 Å². The Bertz CT molecular complexity index is 1670. The average Bonchev–Trinajstić information content (AvgIpc) is 3.48. The van der Waals surface area contributed by atoms with Gasteiger partial charge in [0.15, 0.2) is 12.4 Å². The summed E-state index contributed by atoms with van der Waals surface area (Å²) >= 11 is 0. The largest absolute Gasteiger partial charge is 0.454 e. The third kappa shape index (κ3) is 43.3. The van der Waals surface area contributed by atoms with Crippen LogP contribution < -0.4 is 5.32 Å². The van der Waals surface area contributed by atoms with E-state index in [4.69, 9.17) is 14.2 Å².